The Kier molecular flexibility index (Phi) is 4.11. The second-order valence-corrected chi connectivity index (χ2v) is 4.35. The number of halogens is 1. The van der Waals surface area contributed by atoms with Crippen LogP contribution in [0.1, 0.15) is 5.82 Å². The predicted molar refractivity (Wildman–Crippen MR) is 67.6 cm³/mol. The van der Waals surface area contributed by atoms with Crippen molar-refractivity contribution in [1.29, 1.82) is 0 Å². The Morgan fingerprint density at radius 3 is 3.00 bits per heavy atom. The number of ether oxygens (including phenoxy) is 1. The third-order valence-electron chi connectivity index (χ3n) is 2.15. The van der Waals surface area contributed by atoms with E-state index in [0.29, 0.717) is 25.5 Å². The molecule has 0 fully saturated rings. The van der Waals surface area contributed by atoms with Crippen LogP contribution in [-0.4, -0.2) is 21.4 Å². The molecule has 0 atom stereocenters. The summed E-state index contributed by atoms with van der Waals surface area (Å²) in [7, 11) is 0. The Morgan fingerprint density at radius 2 is 2.29 bits per heavy atom. The van der Waals surface area contributed by atoms with E-state index in [2.05, 4.69) is 26.0 Å². The van der Waals surface area contributed by atoms with Crippen molar-refractivity contribution >= 4 is 15.9 Å². The zero-order valence-corrected chi connectivity index (χ0v) is 10.8. The molecule has 0 saturated carbocycles. The first-order valence-corrected chi connectivity index (χ1v) is 6.04. The molecule has 17 heavy (non-hydrogen) atoms. The fraction of sp³-hybridized carbons (Fsp3) is 0.273. The Morgan fingerprint density at radius 1 is 1.41 bits per heavy atom. The first-order valence-electron chi connectivity index (χ1n) is 5.24. The van der Waals surface area contributed by atoms with Gasteiger partial charge in [0.2, 0.25) is 0 Å². The Bertz CT molecular complexity index is 486. The molecule has 0 spiro atoms. The maximum atomic E-state index is 5.58. The molecule has 0 aliphatic rings. The van der Waals surface area contributed by atoms with Gasteiger partial charge in [-0.05, 0) is 18.2 Å². The van der Waals surface area contributed by atoms with Gasteiger partial charge in [0.25, 0.3) is 0 Å². The minimum Gasteiger partial charge on any atom is -0.492 e. The molecule has 2 N–H and O–H groups in total. The zero-order valence-electron chi connectivity index (χ0n) is 9.21. The van der Waals surface area contributed by atoms with Crippen LogP contribution in [0.5, 0.6) is 5.75 Å². The van der Waals surface area contributed by atoms with Crippen molar-refractivity contribution in [1.82, 2.24) is 14.8 Å². The molecule has 2 rings (SSSR count). The summed E-state index contributed by atoms with van der Waals surface area (Å²) in [6.07, 6.45) is 1.66. The highest BCUT2D eigenvalue weighted by atomic mass is 79.9. The lowest BCUT2D eigenvalue weighted by atomic mass is 10.3. The molecule has 0 amide bonds. The van der Waals surface area contributed by atoms with Crippen LogP contribution < -0.4 is 10.5 Å². The SMILES string of the molecule is NCc1ncn(CCOc2cccc(Br)c2)n1. The highest BCUT2D eigenvalue weighted by Gasteiger charge is 1.99. The fourth-order valence-electron chi connectivity index (χ4n) is 1.35. The maximum Gasteiger partial charge on any atom is 0.164 e. The van der Waals surface area contributed by atoms with Crippen LogP contribution in [0.25, 0.3) is 0 Å². The summed E-state index contributed by atoms with van der Waals surface area (Å²) >= 11 is 3.39. The van der Waals surface area contributed by atoms with E-state index < -0.39 is 0 Å². The van der Waals surface area contributed by atoms with E-state index in [0.717, 1.165) is 10.2 Å². The highest BCUT2D eigenvalue weighted by molar-refractivity contribution is 9.10. The standard InChI is InChI=1S/C11H13BrN4O/c12-9-2-1-3-10(6-9)17-5-4-16-8-14-11(7-13)15-16/h1-3,6,8H,4-5,7,13H2. The average Bonchev–Trinajstić information content (AvgIpc) is 2.77. The van der Waals surface area contributed by atoms with Crippen molar-refractivity contribution in [3.8, 4) is 5.75 Å². The summed E-state index contributed by atoms with van der Waals surface area (Å²) in [6.45, 7) is 1.56. The van der Waals surface area contributed by atoms with E-state index in [1.54, 1.807) is 11.0 Å². The summed E-state index contributed by atoms with van der Waals surface area (Å²) in [5.41, 5.74) is 5.42. The van der Waals surface area contributed by atoms with Crippen LogP contribution in [-0.2, 0) is 13.1 Å². The third kappa shape index (κ3) is 3.54. The molecular formula is C11H13BrN4O. The van der Waals surface area contributed by atoms with Crippen LogP contribution in [0, 0.1) is 0 Å². The topological polar surface area (TPSA) is 66.0 Å². The van der Waals surface area contributed by atoms with Gasteiger partial charge in [0.05, 0.1) is 13.1 Å². The molecule has 0 aliphatic heterocycles. The van der Waals surface area contributed by atoms with E-state index in [1.807, 2.05) is 24.3 Å². The molecule has 5 nitrogen and oxygen atoms in total. The maximum absolute atomic E-state index is 5.58. The highest BCUT2D eigenvalue weighted by Crippen LogP contribution is 2.17. The number of benzene rings is 1. The smallest absolute Gasteiger partial charge is 0.164 e. The second kappa shape index (κ2) is 5.79. The molecule has 1 aromatic carbocycles. The van der Waals surface area contributed by atoms with Gasteiger partial charge in [0.1, 0.15) is 18.7 Å². The van der Waals surface area contributed by atoms with Gasteiger partial charge >= 0.3 is 0 Å². The number of nitrogens with two attached hydrogens (primary N) is 1. The number of hydrogen-bond donors (Lipinski definition) is 1. The molecule has 2 aromatic rings. The molecule has 6 heteroatoms. The fourth-order valence-corrected chi connectivity index (χ4v) is 1.73. The summed E-state index contributed by atoms with van der Waals surface area (Å²) in [5, 5.41) is 4.17. The van der Waals surface area contributed by atoms with Crippen LogP contribution in [0.15, 0.2) is 35.1 Å². The summed E-state index contributed by atoms with van der Waals surface area (Å²) in [6, 6.07) is 7.73. The van der Waals surface area contributed by atoms with E-state index in [-0.39, 0.29) is 0 Å². The first kappa shape index (κ1) is 12.1. The molecule has 1 heterocycles. The van der Waals surface area contributed by atoms with E-state index in [9.17, 15) is 0 Å². The molecule has 90 valence electrons. The van der Waals surface area contributed by atoms with Crippen molar-refractivity contribution in [2.24, 2.45) is 5.73 Å². The lowest BCUT2D eigenvalue weighted by Crippen LogP contribution is -2.09. The van der Waals surface area contributed by atoms with Gasteiger partial charge in [-0.25, -0.2) is 9.67 Å². The van der Waals surface area contributed by atoms with Crippen LogP contribution in [0.2, 0.25) is 0 Å². The van der Waals surface area contributed by atoms with Crippen molar-refractivity contribution in [3.05, 3.63) is 40.9 Å². The lowest BCUT2D eigenvalue weighted by molar-refractivity contribution is 0.290. The van der Waals surface area contributed by atoms with Crippen molar-refractivity contribution in [3.63, 3.8) is 0 Å². The van der Waals surface area contributed by atoms with Gasteiger partial charge < -0.3 is 10.5 Å². The Hall–Kier alpha value is -1.40. The van der Waals surface area contributed by atoms with Crippen molar-refractivity contribution < 1.29 is 4.74 Å². The number of hydrogen-bond acceptors (Lipinski definition) is 4. The minimum absolute atomic E-state index is 0.361. The van der Waals surface area contributed by atoms with Gasteiger partial charge in [0, 0.05) is 4.47 Å². The van der Waals surface area contributed by atoms with Crippen LogP contribution in [0.4, 0.5) is 0 Å². The minimum atomic E-state index is 0.361. The van der Waals surface area contributed by atoms with E-state index >= 15 is 0 Å². The Labute approximate surface area is 108 Å². The molecule has 0 saturated heterocycles. The van der Waals surface area contributed by atoms with E-state index in [1.165, 1.54) is 0 Å². The zero-order chi connectivity index (χ0) is 12.1. The molecule has 0 radical (unpaired) electrons. The molecular weight excluding hydrogens is 284 g/mol. The van der Waals surface area contributed by atoms with Gasteiger partial charge in [-0.15, -0.1) is 0 Å². The quantitative estimate of drug-likeness (QED) is 0.910. The number of aromatic nitrogens is 3. The third-order valence-corrected chi connectivity index (χ3v) is 2.64. The molecule has 1 aromatic heterocycles. The van der Waals surface area contributed by atoms with Gasteiger partial charge in [-0.3, -0.25) is 0 Å². The van der Waals surface area contributed by atoms with Crippen LogP contribution in [0.3, 0.4) is 0 Å². The predicted octanol–water partition coefficient (Wildman–Crippen LogP) is 1.58. The summed E-state index contributed by atoms with van der Waals surface area (Å²) in [5.74, 6) is 1.48. The van der Waals surface area contributed by atoms with Gasteiger partial charge in [-0.1, -0.05) is 22.0 Å². The first-order chi connectivity index (χ1) is 8.28. The summed E-state index contributed by atoms with van der Waals surface area (Å²) < 4.78 is 8.31. The average molecular weight is 297 g/mol. The largest absolute Gasteiger partial charge is 0.492 e. The molecule has 0 aliphatic carbocycles. The monoisotopic (exact) mass is 296 g/mol. The summed E-state index contributed by atoms with van der Waals surface area (Å²) in [4.78, 5) is 4.04. The van der Waals surface area contributed by atoms with Gasteiger partial charge in [0.15, 0.2) is 5.82 Å². The Balaban J connectivity index is 1.83. The number of rotatable bonds is 5. The number of nitrogens with zero attached hydrogens (tertiary/aromatic N) is 3. The van der Waals surface area contributed by atoms with Crippen molar-refractivity contribution in [2.75, 3.05) is 6.61 Å². The second-order valence-electron chi connectivity index (χ2n) is 3.43. The van der Waals surface area contributed by atoms with Gasteiger partial charge in [-0.2, -0.15) is 5.10 Å². The lowest BCUT2D eigenvalue weighted by Gasteiger charge is -2.05. The molecule has 0 bridgehead atoms. The van der Waals surface area contributed by atoms with E-state index in [4.69, 9.17) is 10.5 Å². The molecule has 0 unspecified atom stereocenters. The van der Waals surface area contributed by atoms with Crippen molar-refractivity contribution in [2.45, 2.75) is 13.1 Å². The van der Waals surface area contributed by atoms with Crippen LogP contribution >= 0.6 is 15.9 Å². The normalized spacial score (nSPS) is 10.5.